The van der Waals surface area contributed by atoms with Crippen molar-refractivity contribution >= 4 is 5.91 Å². The summed E-state index contributed by atoms with van der Waals surface area (Å²) in [5.74, 6) is -0.165. The number of amides is 1. The van der Waals surface area contributed by atoms with Gasteiger partial charge in [0.15, 0.2) is 0 Å². The molecule has 1 aromatic rings. The van der Waals surface area contributed by atoms with E-state index in [2.05, 4.69) is 11.4 Å². The molecule has 0 bridgehead atoms. The fourth-order valence-corrected chi connectivity index (χ4v) is 1.48. The van der Waals surface area contributed by atoms with Gasteiger partial charge >= 0.3 is 0 Å². The van der Waals surface area contributed by atoms with Crippen molar-refractivity contribution in [3.8, 4) is 6.07 Å². The Balaban J connectivity index is 2.40. The molecule has 96 valence electrons. The number of benzene rings is 1. The predicted molar refractivity (Wildman–Crippen MR) is 68.7 cm³/mol. The van der Waals surface area contributed by atoms with Crippen molar-refractivity contribution in [3.63, 3.8) is 0 Å². The largest absolute Gasteiger partial charge is 0.381 e. The summed E-state index contributed by atoms with van der Waals surface area (Å²) in [6.45, 7) is 3.07. The Labute approximate surface area is 108 Å². The van der Waals surface area contributed by atoms with Crippen LogP contribution < -0.4 is 5.32 Å². The van der Waals surface area contributed by atoms with Crippen LogP contribution in [0.5, 0.6) is 0 Å². The number of hydrogen-bond donors (Lipinski definition) is 1. The molecule has 4 heteroatoms. The van der Waals surface area contributed by atoms with Crippen molar-refractivity contribution in [2.75, 3.05) is 13.2 Å². The molecule has 0 spiro atoms. The summed E-state index contributed by atoms with van der Waals surface area (Å²) >= 11 is 0. The third-order valence-corrected chi connectivity index (χ3v) is 2.39. The van der Waals surface area contributed by atoms with E-state index in [9.17, 15) is 4.79 Å². The molecule has 0 radical (unpaired) electrons. The van der Waals surface area contributed by atoms with Gasteiger partial charge in [0.05, 0.1) is 19.1 Å². The minimum absolute atomic E-state index is 0.165. The molecule has 1 unspecified atom stereocenters. The molecule has 1 N–H and O–H groups in total. The van der Waals surface area contributed by atoms with E-state index in [-0.39, 0.29) is 12.3 Å². The molecule has 0 heterocycles. The van der Waals surface area contributed by atoms with Crippen LogP contribution in [0.15, 0.2) is 30.3 Å². The van der Waals surface area contributed by atoms with Crippen LogP contribution in [0.2, 0.25) is 0 Å². The summed E-state index contributed by atoms with van der Waals surface area (Å²) in [6.07, 6.45) is 1.22. The first-order valence-corrected chi connectivity index (χ1v) is 6.09. The first-order valence-electron chi connectivity index (χ1n) is 6.09. The van der Waals surface area contributed by atoms with E-state index >= 15 is 0 Å². The quantitative estimate of drug-likeness (QED) is 0.750. The van der Waals surface area contributed by atoms with E-state index in [1.165, 1.54) is 0 Å². The molecule has 4 nitrogen and oxygen atoms in total. The number of hydrogen-bond acceptors (Lipinski definition) is 3. The second kappa shape index (κ2) is 8.26. The van der Waals surface area contributed by atoms with Gasteiger partial charge in [0.25, 0.3) is 0 Å². The van der Waals surface area contributed by atoms with Gasteiger partial charge in [-0.05, 0) is 12.0 Å². The van der Waals surface area contributed by atoms with Crippen LogP contribution in [0.25, 0.3) is 0 Å². The molecule has 0 aliphatic carbocycles. The highest BCUT2D eigenvalue weighted by atomic mass is 16.5. The summed E-state index contributed by atoms with van der Waals surface area (Å²) in [5, 5.41) is 11.7. The van der Waals surface area contributed by atoms with E-state index in [0.717, 1.165) is 12.0 Å². The van der Waals surface area contributed by atoms with Crippen LogP contribution in [0, 0.1) is 11.3 Å². The van der Waals surface area contributed by atoms with Gasteiger partial charge in [0.1, 0.15) is 6.04 Å². The van der Waals surface area contributed by atoms with Crippen LogP contribution in [-0.4, -0.2) is 19.1 Å². The molecule has 0 aromatic heterocycles. The Morgan fingerprint density at radius 2 is 2.11 bits per heavy atom. The SMILES string of the molecule is CCCOCCC(=O)NC(C#N)c1ccccc1. The highest BCUT2D eigenvalue weighted by Crippen LogP contribution is 2.11. The molecule has 18 heavy (non-hydrogen) atoms. The van der Waals surface area contributed by atoms with Crippen LogP contribution in [-0.2, 0) is 9.53 Å². The number of carbonyl (C=O) groups is 1. The summed E-state index contributed by atoms with van der Waals surface area (Å²) in [6, 6.07) is 10.7. The van der Waals surface area contributed by atoms with Gasteiger partial charge in [-0.3, -0.25) is 4.79 Å². The lowest BCUT2D eigenvalue weighted by atomic mass is 10.1. The maximum absolute atomic E-state index is 11.6. The van der Waals surface area contributed by atoms with E-state index in [4.69, 9.17) is 10.00 Å². The van der Waals surface area contributed by atoms with Crippen molar-refractivity contribution in [2.24, 2.45) is 0 Å². The lowest BCUT2D eigenvalue weighted by Gasteiger charge is -2.11. The van der Waals surface area contributed by atoms with E-state index < -0.39 is 6.04 Å². The van der Waals surface area contributed by atoms with Gasteiger partial charge in [0, 0.05) is 6.61 Å². The molecule has 1 amide bonds. The van der Waals surface area contributed by atoms with Crippen molar-refractivity contribution in [1.82, 2.24) is 5.32 Å². The summed E-state index contributed by atoms with van der Waals surface area (Å²) < 4.78 is 5.23. The molecule has 1 rings (SSSR count). The summed E-state index contributed by atoms with van der Waals surface area (Å²) in [5.41, 5.74) is 0.794. The van der Waals surface area contributed by atoms with Crippen LogP contribution in [0.1, 0.15) is 31.4 Å². The Morgan fingerprint density at radius 1 is 1.39 bits per heavy atom. The standard InChI is InChI=1S/C14H18N2O2/c1-2-9-18-10-8-14(17)16-13(11-15)12-6-4-3-5-7-12/h3-7,13H,2,8-10H2,1H3,(H,16,17). The number of carbonyl (C=O) groups excluding carboxylic acids is 1. The second-order valence-electron chi connectivity index (χ2n) is 3.90. The maximum Gasteiger partial charge on any atom is 0.223 e. The van der Waals surface area contributed by atoms with E-state index in [1.807, 2.05) is 37.3 Å². The predicted octanol–water partition coefficient (Wildman–Crippen LogP) is 2.18. The van der Waals surface area contributed by atoms with Crippen molar-refractivity contribution in [1.29, 1.82) is 5.26 Å². The van der Waals surface area contributed by atoms with Crippen LogP contribution in [0.4, 0.5) is 0 Å². The molecule has 1 aromatic carbocycles. The average molecular weight is 246 g/mol. The average Bonchev–Trinajstić information content (AvgIpc) is 2.42. The molecule has 0 fully saturated rings. The number of nitriles is 1. The Hall–Kier alpha value is -1.86. The van der Waals surface area contributed by atoms with Crippen LogP contribution in [0.3, 0.4) is 0 Å². The smallest absolute Gasteiger partial charge is 0.223 e. The fraction of sp³-hybridized carbons (Fsp3) is 0.429. The zero-order valence-electron chi connectivity index (χ0n) is 10.6. The minimum atomic E-state index is -0.593. The van der Waals surface area contributed by atoms with E-state index in [1.54, 1.807) is 0 Å². The summed E-state index contributed by atoms with van der Waals surface area (Å²) in [7, 11) is 0. The fourth-order valence-electron chi connectivity index (χ4n) is 1.48. The second-order valence-corrected chi connectivity index (χ2v) is 3.90. The highest BCUT2D eigenvalue weighted by Gasteiger charge is 2.12. The van der Waals surface area contributed by atoms with Gasteiger partial charge in [-0.15, -0.1) is 0 Å². The number of nitrogens with zero attached hydrogens (tertiary/aromatic N) is 1. The van der Waals surface area contributed by atoms with Crippen molar-refractivity contribution in [2.45, 2.75) is 25.8 Å². The number of ether oxygens (including phenoxy) is 1. The highest BCUT2D eigenvalue weighted by molar-refractivity contribution is 5.76. The molecular weight excluding hydrogens is 228 g/mol. The molecule has 0 aliphatic rings. The number of rotatable bonds is 7. The molecular formula is C14H18N2O2. The normalized spacial score (nSPS) is 11.6. The van der Waals surface area contributed by atoms with Gasteiger partial charge in [0.2, 0.25) is 5.91 Å². The Morgan fingerprint density at radius 3 is 2.72 bits per heavy atom. The number of nitrogens with one attached hydrogen (secondary N) is 1. The molecule has 1 atom stereocenters. The van der Waals surface area contributed by atoms with Gasteiger partial charge in [-0.25, -0.2) is 0 Å². The maximum atomic E-state index is 11.6. The topological polar surface area (TPSA) is 62.1 Å². The third-order valence-electron chi connectivity index (χ3n) is 2.39. The van der Waals surface area contributed by atoms with Crippen molar-refractivity contribution < 1.29 is 9.53 Å². The zero-order valence-corrected chi connectivity index (χ0v) is 10.6. The first-order chi connectivity index (χ1) is 8.77. The lowest BCUT2D eigenvalue weighted by molar-refractivity contribution is -0.122. The van der Waals surface area contributed by atoms with Gasteiger partial charge in [-0.2, -0.15) is 5.26 Å². The van der Waals surface area contributed by atoms with Gasteiger partial charge in [-0.1, -0.05) is 37.3 Å². The van der Waals surface area contributed by atoms with Gasteiger partial charge < -0.3 is 10.1 Å². The van der Waals surface area contributed by atoms with E-state index in [0.29, 0.717) is 13.2 Å². The summed E-state index contributed by atoms with van der Waals surface area (Å²) in [4.78, 5) is 11.6. The third kappa shape index (κ3) is 4.98. The molecule has 0 aliphatic heterocycles. The monoisotopic (exact) mass is 246 g/mol. The molecule has 0 saturated heterocycles. The molecule has 0 saturated carbocycles. The first kappa shape index (κ1) is 14.2. The van der Waals surface area contributed by atoms with Crippen LogP contribution >= 0.6 is 0 Å². The zero-order chi connectivity index (χ0) is 13.2. The Kier molecular flexibility index (Phi) is 6.52. The Bertz CT molecular complexity index is 398. The minimum Gasteiger partial charge on any atom is -0.381 e. The van der Waals surface area contributed by atoms with Crippen molar-refractivity contribution in [3.05, 3.63) is 35.9 Å². The lowest BCUT2D eigenvalue weighted by Crippen LogP contribution is -2.28.